The summed E-state index contributed by atoms with van der Waals surface area (Å²) in [6, 6.07) is 66.5. The van der Waals surface area contributed by atoms with Gasteiger partial charge in [-0.05, 0) is 57.6 Å². The van der Waals surface area contributed by atoms with Crippen LogP contribution in [0.1, 0.15) is 22.3 Å². The Labute approximate surface area is 333 Å². The van der Waals surface area contributed by atoms with Crippen LogP contribution in [-0.2, 0) is 5.41 Å². The second-order valence-corrected chi connectivity index (χ2v) is 15.7. The molecule has 0 bridgehead atoms. The average Bonchev–Trinajstić information content (AvgIpc) is 3.81. The lowest BCUT2D eigenvalue weighted by Gasteiger charge is -2.39. The van der Waals surface area contributed by atoms with Gasteiger partial charge in [-0.3, -0.25) is 0 Å². The van der Waals surface area contributed by atoms with Crippen molar-refractivity contribution in [1.29, 1.82) is 0 Å². The number of rotatable bonds is 4. The van der Waals surface area contributed by atoms with Gasteiger partial charge in [0.15, 0.2) is 17.5 Å². The third-order valence-corrected chi connectivity index (χ3v) is 12.9. The molecule has 3 heterocycles. The number of aromatic nitrogens is 3. The van der Waals surface area contributed by atoms with Gasteiger partial charge >= 0.3 is 0 Å². The minimum absolute atomic E-state index is 0.585. The van der Waals surface area contributed by atoms with Crippen molar-refractivity contribution >= 4 is 31.5 Å². The van der Waals surface area contributed by atoms with Gasteiger partial charge in [0.2, 0.25) is 0 Å². The summed E-state index contributed by atoms with van der Waals surface area (Å²) in [6.45, 7) is 0. The standard InChI is InChI=1S/C52H31N3OS/c1-2-13-33(14-3-1)49-53-50(34-27-25-32(26-28-34)36-17-12-18-40-39-16-5-11-24-47(39)57-48(36)40)55-51(54-49)35-29-30-38-37-15-4-6-19-41(37)52(44(38)31-35)42-20-7-9-22-45(42)56-46-23-10-8-21-43(46)52/h1-31H. The second-order valence-electron chi connectivity index (χ2n) is 14.7. The third-order valence-electron chi connectivity index (χ3n) is 11.6. The van der Waals surface area contributed by atoms with E-state index in [0.29, 0.717) is 17.5 Å². The van der Waals surface area contributed by atoms with Crippen molar-refractivity contribution in [3.8, 4) is 67.9 Å². The molecule has 1 spiro atoms. The summed E-state index contributed by atoms with van der Waals surface area (Å²) < 4.78 is 9.18. The van der Waals surface area contributed by atoms with Crippen LogP contribution >= 0.6 is 11.3 Å². The van der Waals surface area contributed by atoms with Crippen molar-refractivity contribution in [1.82, 2.24) is 15.0 Å². The van der Waals surface area contributed by atoms with E-state index in [1.165, 1.54) is 48.0 Å². The van der Waals surface area contributed by atoms with E-state index in [0.717, 1.165) is 44.9 Å². The Morgan fingerprint density at radius 1 is 0.368 bits per heavy atom. The van der Waals surface area contributed by atoms with Crippen molar-refractivity contribution in [3.05, 3.63) is 210 Å². The highest BCUT2D eigenvalue weighted by molar-refractivity contribution is 7.26. The van der Waals surface area contributed by atoms with Crippen LogP contribution in [0.25, 0.3) is 76.6 Å². The van der Waals surface area contributed by atoms with Gasteiger partial charge in [-0.1, -0.05) is 164 Å². The van der Waals surface area contributed by atoms with Crippen LogP contribution < -0.4 is 4.74 Å². The van der Waals surface area contributed by atoms with Crippen LogP contribution in [0, 0.1) is 0 Å². The monoisotopic (exact) mass is 745 g/mol. The normalized spacial score (nSPS) is 13.2. The molecule has 266 valence electrons. The molecule has 0 radical (unpaired) electrons. The van der Waals surface area contributed by atoms with Gasteiger partial charge in [0.25, 0.3) is 0 Å². The Kier molecular flexibility index (Phi) is 6.98. The molecule has 0 fully saturated rings. The van der Waals surface area contributed by atoms with Crippen LogP contribution in [0.5, 0.6) is 11.5 Å². The van der Waals surface area contributed by atoms with Gasteiger partial charge in [-0.15, -0.1) is 11.3 Å². The zero-order chi connectivity index (χ0) is 37.5. The Morgan fingerprint density at radius 3 is 1.65 bits per heavy atom. The first-order valence-electron chi connectivity index (χ1n) is 19.2. The number of benzene rings is 8. The lowest BCUT2D eigenvalue weighted by molar-refractivity contribution is 0.436. The molecule has 5 heteroatoms. The lowest BCUT2D eigenvalue weighted by atomic mass is 9.66. The summed E-state index contributed by atoms with van der Waals surface area (Å²) in [6.07, 6.45) is 0. The van der Waals surface area contributed by atoms with Gasteiger partial charge in [0.05, 0.1) is 5.41 Å². The maximum Gasteiger partial charge on any atom is 0.164 e. The van der Waals surface area contributed by atoms with Gasteiger partial charge in [0.1, 0.15) is 11.5 Å². The van der Waals surface area contributed by atoms with Crippen LogP contribution in [0.2, 0.25) is 0 Å². The Hall–Kier alpha value is -7.21. The maximum absolute atomic E-state index is 6.58. The average molecular weight is 746 g/mol. The molecule has 10 aromatic rings. The first-order valence-corrected chi connectivity index (χ1v) is 20.0. The number of fused-ring (bicyclic) bond motifs is 12. The molecule has 0 atom stereocenters. The van der Waals surface area contributed by atoms with Gasteiger partial charge in [0, 0.05) is 48.0 Å². The molecule has 0 saturated carbocycles. The molecule has 2 aromatic heterocycles. The molecule has 4 nitrogen and oxygen atoms in total. The zero-order valence-corrected chi connectivity index (χ0v) is 31.4. The molecular formula is C52H31N3OS. The van der Waals surface area contributed by atoms with E-state index in [1.54, 1.807) is 0 Å². The highest BCUT2D eigenvalue weighted by atomic mass is 32.1. The number of hydrogen-bond acceptors (Lipinski definition) is 5. The lowest BCUT2D eigenvalue weighted by Crippen LogP contribution is -2.32. The minimum atomic E-state index is -0.585. The van der Waals surface area contributed by atoms with Crippen LogP contribution in [0.15, 0.2) is 188 Å². The Bertz CT molecular complexity index is 3180. The molecule has 12 rings (SSSR count). The van der Waals surface area contributed by atoms with E-state index in [4.69, 9.17) is 19.7 Å². The summed E-state index contributed by atoms with van der Waals surface area (Å²) in [7, 11) is 0. The molecule has 0 amide bonds. The fourth-order valence-corrected chi connectivity index (χ4v) is 10.4. The van der Waals surface area contributed by atoms with Gasteiger partial charge in [-0.25, -0.2) is 15.0 Å². The molecule has 0 saturated heterocycles. The molecule has 0 unspecified atom stereocenters. The highest BCUT2D eigenvalue weighted by Gasteiger charge is 2.51. The van der Waals surface area contributed by atoms with Crippen LogP contribution in [0.4, 0.5) is 0 Å². The number of ether oxygens (including phenoxy) is 1. The molecule has 2 aliphatic rings. The second kappa shape index (κ2) is 12.4. The van der Waals surface area contributed by atoms with E-state index in [2.05, 4.69) is 158 Å². The number of thiophene rings is 1. The zero-order valence-electron chi connectivity index (χ0n) is 30.6. The van der Waals surface area contributed by atoms with Crippen molar-refractivity contribution in [2.75, 3.05) is 0 Å². The molecule has 1 aliphatic heterocycles. The smallest absolute Gasteiger partial charge is 0.164 e. The van der Waals surface area contributed by atoms with Gasteiger partial charge in [-0.2, -0.15) is 0 Å². The topological polar surface area (TPSA) is 47.9 Å². The van der Waals surface area contributed by atoms with E-state index in [9.17, 15) is 0 Å². The van der Waals surface area contributed by atoms with E-state index >= 15 is 0 Å². The van der Waals surface area contributed by atoms with Crippen molar-refractivity contribution < 1.29 is 4.74 Å². The first kappa shape index (κ1) is 32.1. The minimum Gasteiger partial charge on any atom is -0.457 e. The summed E-state index contributed by atoms with van der Waals surface area (Å²) >= 11 is 1.85. The molecular weight excluding hydrogens is 715 g/mol. The van der Waals surface area contributed by atoms with E-state index < -0.39 is 5.41 Å². The quantitative estimate of drug-likeness (QED) is 0.180. The Morgan fingerprint density at radius 2 is 0.895 bits per heavy atom. The number of nitrogens with zero attached hydrogens (tertiary/aromatic N) is 3. The van der Waals surface area contributed by atoms with E-state index in [1.807, 2.05) is 41.7 Å². The van der Waals surface area contributed by atoms with E-state index in [-0.39, 0.29) is 0 Å². The van der Waals surface area contributed by atoms with Gasteiger partial charge < -0.3 is 4.74 Å². The first-order chi connectivity index (χ1) is 28.2. The Balaban J connectivity index is 1.03. The fourth-order valence-electron chi connectivity index (χ4n) is 9.12. The highest BCUT2D eigenvalue weighted by Crippen LogP contribution is 2.62. The van der Waals surface area contributed by atoms with Crippen LogP contribution in [0.3, 0.4) is 0 Å². The summed E-state index contributed by atoms with van der Waals surface area (Å²) in [4.78, 5) is 15.5. The number of para-hydroxylation sites is 2. The van der Waals surface area contributed by atoms with Crippen molar-refractivity contribution in [2.45, 2.75) is 5.41 Å². The number of hydrogen-bond donors (Lipinski definition) is 0. The molecule has 1 aliphatic carbocycles. The third kappa shape index (κ3) is 4.76. The largest absolute Gasteiger partial charge is 0.457 e. The predicted molar refractivity (Wildman–Crippen MR) is 232 cm³/mol. The van der Waals surface area contributed by atoms with Crippen LogP contribution in [-0.4, -0.2) is 15.0 Å². The summed E-state index contributed by atoms with van der Waals surface area (Å²) in [5, 5.41) is 2.59. The molecule has 8 aromatic carbocycles. The molecule has 57 heavy (non-hydrogen) atoms. The van der Waals surface area contributed by atoms with Crippen molar-refractivity contribution in [3.63, 3.8) is 0 Å². The van der Waals surface area contributed by atoms with Crippen molar-refractivity contribution in [2.24, 2.45) is 0 Å². The molecule has 0 N–H and O–H groups in total. The maximum atomic E-state index is 6.58. The summed E-state index contributed by atoms with van der Waals surface area (Å²) in [5.74, 6) is 3.62. The SMILES string of the molecule is c1ccc(-c2nc(-c3ccc(-c4cccc5c4sc4ccccc45)cc3)nc(-c3ccc4c(c3)C3(c5ccccc5Oc5ccccc53)c3ccccc3-4)n2)cc1. The fraction of sp³-hybridized carbons (Fsp3) is 0.0192. The summed E-state index contributed by atoms with van der Waals surface area (Å²) in [5.41, 5.74) is 11.7. The predicted octanol–water partition coefficient (Wildman–Crippen LogP) is 13.4.